The molecule has 132 valence electrons. The van der Waals surface area contributed by atoms with Crippen molar-refractivity contribution in [3.05, 3.63) is 71.4 Å². The van der Waals surface area contributed by atoms with E-state index in [-0.39, 0.29) is 23.8 Å². The van der Waals surface area contributed by atoms with E-state index in [1.807, 2.05) is 30.3 Å². The summed E-state index contributed by atoms with van der Waals surface area (Å²) < 4.78 is 13.3. The lowest BCUT2D eigenvalue weighted by molar-refractivity contribution is -0.117. The van der Waals surface area contributed by atoms with Crippen LogP contribution in [0.4, 0.5) is 9.52 Å². The minimum absolute atomic E-state index is 0.0890. The molecule has 7 heteroatoms. The van der Waals surface area contributed by atoms with Crippen molar-refractivity contribution in [1.82, 2.24) is 15.8 Å². The SMILES string of the molecule is O=C(Nc1nc(-c2cccc(F)c2)cs1)C1CC(c2ccccc2)NN1. The van der Waals surface area contributed by atoms with E-state index in [0.717, 1.165) is 5.56 Å². The lowest BCUT2D eigenvalue weighted by Gasteiger charge is -2.09. The number of carbonyl (C=O) groups is 1. The zero-order valence-corrected chi connectivity index (χ0v) is 14.6. The number of hydrazine groups is 1. The van der Waals surface area contributed by atoms with Crippen molar-refractivity contribution in [2.24, 2.45) is 0 Å². The largest absolute Gasteiger partial charge is 0.301 e. The van der Waals surface area contributed by atoms with E-state index >= 15 is 0 Å². The van der Waals surface area contributed by atoms with E-state index < -0.39 is 0 Å². The van der Waals surface area contributed by atoms with Gasteiger partial charge in [-0.15, -0.1) is 11.3 Å². The van der Waals surface area contributed by atoms with Crippen molar-refractivity contribution in [1.29, 1.82) is 0 Å². The molecule has 0 aliphatic carbocycles. The highest BCUT2D eigenvalue weighted by Gasteiger charge is 2.30. The predicted octanol–water partition coefficient (Wildman–Crippen LogP) is 3.50. The third-order valence-corrected chi connectivity index (χ3v) is 5.03. The number of hydrogen-bond donors (Lipinski definition) is 3. The average Bonchev–Trinajstić information content (AvgIpc) is 3.32. The zero-order chi connectivity index (χ0) is 17.9. The van der Waals surface area contributed by atoms with Crippen LogP contribution in [0.3, 0.4) is 0 Å². The van der Waals surface area contributed by atoms with Crippen LogP contribution in [0.25, 0.3) is 11.3 Å². The topological polar surface area (TPSA) is 66.0 Å². The number of aromatic nitrogens is 1. The van der Waals surface area contributed by atoms with Gasteiger partial charge in [0.05, 0.1) is 5.69 Å². The van der Waals surface area contributed by atoms with Gasteiger partial charge in [0.2, 0.25) is 5.91 Å². The molecule has 0 bridgehead atoms. The minimum atomic E-state index is -0.346. The van der Waals surface area contributed by atoms with E-state index in [1.54, 1.807) is 17.5 Å². The molecule has 0 spiro atoms. The second kappa shape index (κ2) is 7.33. The molecule has 1 amide bonds. The molecular formula is C19H17FN4OS. The normalized spacial score (nSPS) is 19.4. The number of nitrogens with zero attached hydrogens (tertiary/aromatic N) is 1. The fraction of sp³-hybridized carbons (Fsp3) is 0.158. The number of nitrogens with one attached hydrogen (secondary N) is 3. The van der Waals surface area contributed by atoms with Crippen LogP contribution in [0.5, 0.6) is 0 Å². The molecule has 1 aromatic heterocycles. The lowest BCUT2D eigenvalue weighted by Crippen LogP contribution is -2.39. The molecule has 1 saturated heterocycles. The number of rotatable bonds is 4. The van der Waals surface area contributed by atoms with E-state index in [0.29, 0.717) is 22.8 Å². The van der Waals surface area contributed by atoms with Crippen LogP contribution in [0.1, 0.15) is 18.0 Å². The molecule has 1 fully saturated rings. The molecule has 2 aromatic carbocycles. The summed E-state index contributed by atoms with van der Waals surface area (Å²) >= 11 is 1.32. The summed E-state index contributed by atoms with van der Waals surface area (Å²) in [4.78, 5) is 16.9. The van der Waals surface area contributed by atoms with Crippen LogP contribution in [0, 0.1) is 5.82 Å². The summed E-state index contributed by atoms with van der Waals surface area (Å²) in [5.41, 5.74) is 8.66. The van der Waals surface area contributed by atoms with Gasteiger partial charge in [-0.1, -0.05) is 42.5 Å². The van der Waals surface area contributed by atoms with Crippen molar-refractivity contribution in [3.63, 3.8) is 0 Å². The molecule has 26 heavy (non-hydrogen) atoms. The van der Waals surface area contributed by atoms with Crippen LogP contribution < -0.4 is 16.2 Å². The second-order valence-corrected chi connectivity index (χ2v) is 6.94. The molecule has 2 atom stereocenters. The quantitative estimate of drug-likeness (QED) is 0.659. The van der Waals surface area contributed by atoms with Gasteiger partial charge in [0.25, 0.3) is 0 Å². The smallest absolute Gasteiger partial charge is 0.244 e. The number of thiazole rings is 1. The Morgan fingerprint density at radius 3 is 2.81 bits per heavy atom. The molecular weight excluding hydrogens is 351 g/mol. The van der Waals surface area contributed by atoms with Gasteiger partial charge in [-0.2, -0.15) is 0 Å². The van der Waals surface area contributed by atoms with Crippen LogP contribution in [0.15, 0.2) is 60.0 Å². The lowest BCUT2D eigenvalue weighted by atomic mass is 10.0. The van der Waals surface area contributed by atoms with Gasteiger partial charge in [-0.05, 0) is 24.1 Å². The Morgan fingerprint density at radius 2 is 2.00 bits per heavy atom. The van der Waals surface area contributed by atoms with E-state index in [9.17, 15) is 9.18 Å². The molecule has 2 heterocycles. The van der Waals surface area contributed by atoms with Crippen molar-refractivity contribution in [2.75, 3.05) is 5.32 Å². The number of carbonyl (C=O) groups excluding carboxylic acids is 1. The summed E-state index contributed by atoms with van der Waals surface area (Å²) in [7, 11) is 0. The van der Waals surface area contributed by atoms with Crippen molar-refractivity contribution in [2.45, 2.75) is 18.5 Å². The molecule has 2 unspecified atom stereocenters. The summed E-state index contributed by atoms with van der Waals surface area (Å²) in [5.74, 6) is -0.453. The molecule has 1 aliphatic rings. The Balaban J connectivity index is 1.40. The van der Waals surface area contributed by atoms with E-state index in [4.69, 9.17) is 0 Å². The first-order valence-corrected chi connectivity index (χ1v) is 9.15. The van der Waals surface area contributed by atoms with Crippen LogP contribution in [-0.2, 0) is 4.79 Å². The Hall–Kier alpha value is -2.61. The Labute approximate surface area is 154 Å². The van der Waals surface area contributed by atoms with Gasteiger partial charge in [-0.3, -0.25) is 4.79 Å². The molecule has 3 N–H and O–H groups in total. The summed E-state index contributed by atoms with van der Waals surface area (Å²) in [5, 5.41) is 5.14. The second-order valence-electron chi connectivity index (χ2n) is 6.08. The summed E-state index contributed by atoms with van der Waals surface area (Å²) in [6.45, 7) is 0. The third kappa shape index (κ3) is 3.65. The first-order chi connectivity index (χ1) is 12.7. The Bertz CT molecular complexity index is 915. The summed E-state index contributed by atoms with van der Waals surface area (Å²) in [6, 6.07) is 16.0. The number of halogens is 1. The van der Waals surface area contributed by atoms with Crippen molar-refractivity contribution < 1.29 is 9.18 Å². The third-order valence-electron chi connectivity index (χ3n) is 4.28. The highest BCUT2D eigenvalue weighted by molar-refractivity contribution is 7.14. The van der Waals surface area contributed by atoms with Crippen molar-refractivity contribution in [3.8, 4) is 11.3 Å². The maximum atomic E-state index is 13.3. The standard InChI is InChI=1S/C19H17FN4OS/c20-14-8-4-7-13(9-14)17-11-26-19(21-17)22-18(25)16-10-15(23-24-16)12-5-2-1-3-6-12/h1-9,11,15-16,23-24H,10H2,(H,21,22,25). The Morgan fingerprint density at radius 1 is 1.15 bits per heavy atom. The highest BCUT2D eigenvalue weighted by Crippen LogP contribution is 2.26. The number of anilines is 1. The molecule has 4 rings (SSSR count). The van der Waals surface area contributed by atoms with Gasteiger partial charge >= 0.3 is 0 Å². The van der Waals surface area contributed by atoms with Crippen LogP contribution in [-0.4, -0.2) is 16.9 Å². The molecule has 3 aromatic rings. The minimum Gasteiger partial charge on any atom is -0.301 e. The molecule has 1 aliphatic heterocycles. The van der Waals surface area contributed by atoms with Gasteiger partial charge in [-0.25, -0.2) is 20.2 Å². The van der Waals surface area contributed by atoms with Crippen molar-refractivity contribution >= 4 is 22.4 Å². The van der Waals surface area contributed by atoms with Gasteiger partial charge < -0.3 is 5.32 Å². The predicted molar refractivity (Wildman–Crippen MR) is 100.0 cm³/mol. The van der Waals surface area contributed by atoms with E-state index in [1.165, 1.54) is 23.5 Å². The fourth-order valence-electron chi connectivity index (χ4n) is 2.94. The molecule has 0 radical (unpaired) electrons. The van der Waals surface area contributed by atoms with E-state index in [2.05, 4.69) is 21.2 Å². The van der Waals surface area contributed by atoms with Gasteiger partial charge in [0, 0.05) is 17.0 Å². The maximum absolute atomic E-state index is 13.3. The number of hydrogen-bond acceptors (Lipinski definition) is 5. The fourth-order valence-corrected chi connectivity index (χ4v) is 3.66. The summed E-state index contributed by atoms with van der Waals surface area (Å²) in [6.07, 6.45) is 0.651. The Kier molecular flexibility index (Phi) is 4.75. The molecule has 0 saturated carbocycles. The molecule has 5 nitrogen and oxygen atoms in total. The maximum Gasteiger partial charge on any atom is 0.244 e. The van der Waals surface area contributed by atoms with Gasteiger partial charge in [0.1, 0.15) is 11.9 Å². The van der Waals surface area contributed by atoms with Crippen LogP contribution >= 0.6 is 11.3 Å². The van der Waals surface area contributed by atoms with Crippen LogP contribution in [0.2, 0.25) is 0 Å². The number of benzene rings is 2. The average molecular weight is 368 g/mol. The zero-order valence-electron chi connectivity index (χ0n) is 13.8. The monoisotopic (exact) mass is 368 g/mol. The highest BCUT2D eigenvalue weighted by atomic mass is 32.1. The first-order valence-electron chi connectivity index (χ1n) is 8.27. The first kappa shape index (κ1) is 16.8. The number of amides is 1. The van der Waals surface area contributed by atoms with Gasteiger partial charge in [0.15, 0.2) is 5.13 Å².